The van der Waals surface area contributed by atoms with Gasteiger partial charge in [0.1, 0.15) is 16.9 Å². The fraction of sp³-hybridized carbons (Fsp3) is 0.724. The number of carboxylic acid groups (broad SMARTS) is 1. The molecular formula is C29H40N6O7. The number of nitrogens with zero attached hydrogens (tertiary/aromatic N) is 4. The van der Waals surface area contributed by atoms with Crippen LogP contribution < -0.4 is 11.5 Å². The van der Waals surface area contributed by atoms with Gasteiger partial charge in [0, 0.05) is 26.2 Å². The van der Waals surface area contributed by atoms with E-state index in [1.807, 2.05) is 0 Å². The second-order valence-corrected chi connectivity index (χ2v) is 13.6. The Hall–Kier alpha value is -3.64. The van der Waals surface area contributed by atoms with Gasteiger partial charge in [0.2, 0.25) is 0 Å². The summed E-state index contributed by atoms with van der Waals surface area (Å²) in [5.41, 5.74) is 10.1. The van der Waals surface area contributed by atoms with Crippen LogP contribution in [0, 0.1) is 23.2 Å². The zero-order chi connectivity index (χ0) is 30.1. The van der Waals surface area contributed by atoms with Gasteiger partial charge in [-0.2, -0.15) is 0 Å². The molecule has 2 aliphatic heterocycles. The summed E-state index contributed by atoms with van der Waals surface area (Å²) in [5.74, 6) is -2.71. The Morgan fingerprint density at radius 1 is 0.929 bits per heavy atom. The molecule has 0 atom stereocenters. The number of likely N-dealkylation sites (N-methyl/N-ethyl adjacent to an activating group) is 1. The lowest BCUT2D eigenvalue weighted by molar-refractivity contribution is -0.151. The van der Waals surface area contributed by atoms with Crippen LogP contribution in [0.25, 0.3) is 0 Å². The predicted octanol–water partition coefficient (Wildman–Crippen LogP) is 1.56. The van der Waals surface area contributed by atoms with Crippen molar-refractivity contribution in [3.63, 3.8) is 0 Å². The molecule has 0 bridgehead atoms. The van der Waals surface area contributed by atoms with E-state index in [0.717, 1.165) is 24.2 Å². The molecule has 6 fully saturated rings. The van der Waals surface area contributed by atoms with Gasteiger partial charge in [0.25, 0.3) is 17.7 Å². The lowest BCUT2D eigenvalue weighted by Gasteiger charge is -2.59. The summed E-state index contributed by atoms with van der Waals surface area (Å²) < 4.78 is 0. The molecule has 2 saturated heterocycles. The summed E-state index contributed by atoms with van der Waals surface area (Å²) in [7, 11) is 1.51. The number of nitrogens with two attached hydrogens (primary N) is 2. The molecule has 0 aromatic carbocycles. The standard InChI is InChI=1S/C29H40N6O7/c1-32-25(40)29(34(26(32)41)10-7-17-11-18(12-17)24(38)39)14-28(15-29)8-5-19(6-9-28)35-23(37)20(21(30)31)22(36)33(27(35)42)13-16-3-2-4-16/h16-19H,2-15,30-31H2,1H3,(H,38,39). The molecule has 7 amide bonds. The van der Waals surface area contributed by atoms with Gasteiger partial charge in [-0.05, 0) is 87.9 Å². The zero-order valence-corrected chi connectivity index (χ0v) is 24.0. The second-order valence-electron chi connectivity index (χ2n) is 13.6. The van der Waals surface area contributed by atoms with Crippen molar-refractivity contribution in [1.29, 1.82) is 0 Å². The van der Waals surface area contributed by atoms with E-state index < -0.39 is 35.4 Å². The molecule has 6 aliphatic rings. The number of urea groups is 2. The molecule has 228 valence electrons. The molecule has 0 aromatic heterocycles. The van der Waals surface area contributed by atoms with E-state index >= 15 is 0 Å². The summed E-state index contributed by atoms with van der Waals surface area (Å²) in [4.78, 5) is 82.6. The number of carboxylic acids is 1. The fourth-order valence-corrected chi connectivity index (χ4v) is 8.34. The molecule has 42 heavy (non-hydrogen) atoms. The molecule has 0 unspecified atom stereocenters. The number of rotatable bonds is 7. The minimum Gasteiger partial charge on any atom is -0.481 e. The molecule has 4 saturated carbocycles. The maximum absolute atomic E-state index is 13.5. The molecule has 0 radical (unpaired) electrons. The highest BCUT2D eigenvalue weighted by molar-refractivity contribution is 6.29. The summed E-state index contributed by atoms with van der Waals surface area (Å²) in [5, 5.41) is 9.17. The van der Waals surface area contributed by atoms with Crippen LogP contribution in [0.2, 0.25) is 0 Å². The smallest absolute Gasteiger partial charge is 0.334 e. The average Bonchev–Trinajstić information content (AvgIpc) is 3.03. The first kappa shape index (κ1) is 28.5. The van der Waals surface area contributed by atoms with Gasteiger partial charge in [0.15, 0.2) is 0 Å². The molecule has 13 nitrogen and oxygen atoms in total. The molecule has 0 aromatic rings. The van der Waals surface area contributed by atoms with Crippen molar-refractivity contribution in [2.75, 3.05) is 20.1 Å². The molecule has 5 N–H and O–H groups in total. The summed E-state index contributed by atoms with van der Waals surface area (Å²) in [6.07, 6.45) is 8.21. The van der Waals surface area contributed by atoms with Crippen molar-refractivity contribution in [1.82, 2.24) is 19.6 Å². The highest BCUT2D eigenvalue weighted by Crippen LogP contribution is 2.61. The van der Waals surface area contributed by atoms with E-state index in [0.29, 0.717) is 64.3 Å². The number of hydrogen-bond acceptors (Lipinski definition) is 8. The molecule has 13 heteroatoms. The van der Waals surface area contributed by atoms with E-state index in [4.69, 9.17) is 16.6 Å². The predicted molar refractivity (Wildman–Crippen MR) is 147 cm³/mol. The van der Waals surface area contributed by atoms with Gasteiger partial charge in [0.05, 0.1) is 5.92 Å². The van der Waals surface area contributed by atoms with Crippen LogP contribution in [0.1, 0.15) is 77.0 Å². The van der Waals surface area contributed by atoms with Crippen molar-refractivity contribution in [2.24, 2.45) is 34.6 Å². The Bertz CT molecular complexity index is 1260. The van der Waals surface area contributed by atoms with Crippen LogP contribution in [0.15, 0.2) is 11.4 Å². The van der Waals surface area contributed by atoms with Gasteiger partial charge >= 0.3 is 18.0 Å². The monoisotopic (exact) mass is 584 g/mol. The molecule has 4 aliphatic carbocycles. The van der Waals surface area contributed by atoms with Crippen LogP contribution in [-0.4, -0.2) is 92.2 Å². The van der Waals surface area contributed by atoms with Crippen molar-refractivity contribution in [3.05, 3.63) is 11.4 Å². The third kappa shape index (κ3) is 4.26. The maximum atomic E-state index is 13.5. The zero-order valence-electron chi connectivity index (χ0n) is 24.0. The number of barbiturate groups is 1. The van der Waals surface area contributed by atoms with Gasteiger partial charge in [-0.1, -0.05) is 6.42 Å². The van der Waals surface area contributed by atoms with E-state index in [1.54, 1.807) is 4.90 Å². The Labute approximate surface area is 244 Å². The van der Waals surface area contributed by atoms with Crippen molar-refractivity contribution < 1.29 is 33.9 Å². The minimum atomic E-state index is -0.888. The Kier molecular flexibility index (Phi) is 6.76. The van der Waals surface area contributed by atoms with Gasteiger partial charge in [-0.15, -0.1) is 0 Å². The number of imide groups is 3. The topological polar surface area (TPSA) is 188 Å². The van der Waals surface area contributed by atoms with Crippen LogP contribution in [-0.2, 0) is 19.2 Å². The van der Waals surface area contributed by atoms with Crippen LogP contribution in [0.4, 0.5) is 9.59 Å². The molecule has 2 spiro atoms. The maximum Gasteiger partial charge on any atom is 0.334 e. The third-order valence-corrected chi connectivity index (χ3v) is 11.1. The first-order valence-electron chi connectivity index (χ1n) is 15.1. The third-order valence-electron chi connectivity index (χ3n) is 11.1. The minimum absolute atomic E-state index is 0.185. The Balaban J connectivity index is 1.12. The highest BCUT2D eigenvalue weighted by Gasteiger charge is 2.68. The first-order valence-corrected chi connectivity index (χ1v) is 15.1. The number of aliphatic carboxylic acids is 1. The molecular weight excluding hydrogens is 544 g/mol. The SMILES string of the molecule is CN1C(=O)N(CCC2CC(C(=O)O)C2)C2(CC3(CCC(N4C(=O)C(=C(N)N)C(=O)N(CC5CCC5)C4=O)CC3)C2)C1=O. The van der Waals surface area contributed by atoms with Crippen molar-refractivity contribution in [2.45, 2.75) is 88.6 Å². The first-order chi connectivity index (χ1) is 19.9. The lowest BCUT2D eigenvalue weighted by atomic mass is 9.51. The Morgan fingerprint density at radius 2 is 1.57 bits per heavy atom. The number of amides is 7. The van der Waals surface area contributed by atoms with Gasteiger partial charge < -0.3 is 21.5 Å². The van der Waals surface area contributed by atoms with E-state index in [-0.39, 0.29) is 53.0 Å². The molecule has 6 rings (SSSR count). The fourth-order valence-electron chi connectivity index (χ4n) is 8.34. The van der Waals surface area contributed by atoms with Crippen molar-refractivity contribution >= 4 is 35.8 Å². The highest BCUT2D eigenvalue weighted by atomic mass is 16.4. The van der Waals surface area contributed by atoms with E-state index in [9.17, 15) is 28.8 Å². The van der Waals surface area contributed by atoms with Crippen LogP contribution in [0.3, 0.4) is 0 Å². The van der Waals surface area contributed by atoms with E-state index in [1.165, 1.54) is 16.8 Å². The van der Waals surface area contributed by atoms with Crippen LogP contribution >= 0.6 is 0 Å². The largest absolute Gasteiger partial charge is 0.481 e. The van der Waals surface area contributed by atoms with Crippen LogP contribution in [0.5, 0.6) is 0 Å². The summed E-state index contributed by atoms with van der Waals surface area (Å²) in [6, 6.07) is -1.34. The van der Waals surface area contributed by atoms with Gasteiger partial charge in [-0.25, -0.2) is 9.59 Å². The quantitative estimate of drug-likeness (QED) is 0.227. The average molecular weight is 585 g/mol. The summed E-state index contributed by atoms with van der Waals surface area (Å²) >= 11 is 0. The summed E-state index contributed by atoms with van der Waals surface area (Å²) in [6.45, 7) is 0.663. The second kappa shape index (κ2) is 9.98. The molecule has 2 heterocycles. The normalized spacial score (nSPS) is 35.2. The lowest BCUT2D eigenvalue weighted by Crippen LogP contribution is -2.66. The van der Waals surface area contributed by atoms with E-state index in [2.05, 4.69) is 0 Å². The van der Waals surface area contributed by atoms with Gasteiger partial charge in [-0.3, -0.25) is 33.9 Å². The Morgan fingerprint density at radius 3 is 2.12 bits per heavy atom. The number of hydrogen-bond donors (Lipinski definition) is 3. The van der Waals surface area contributed by atoms with Crippen molar-refractivity contribution in [3.8, 4) is 0 Å². The number of carbonyl (C=O) groups is 6. The number of carbonyl (C=O) groups excluding carboxylic acids is 5.